The average molecular weight is 328 g/mol. The molecular formula is C15H19ClFN3O2. The van der Waals surface area contributed by atoms with Crippen molar-refractivity contribution in [2.24, 2.45) is 5.92 Å². The Labute approximate surface area is 134 Å². The molecule has 0 aliphatic carbocycles. The zero-order valence-electron chi connectivity index (χ0n) is 12.1. The summed E-state index contributed by atoms with van der Waals surface area (Å²) in [6, 6.07) is 2.90. The molecule has 1 fully saturated rings. The van der Waals surface area contributed by atoms with Gasteiger partial charge in [0.15, 0.2) is 0 Å². The highest BCUT2D eigenvalue weighted by Crippen LogP contribution is 2.29. The van der Waals surface area contributed by atoms with Crippen molar-refractivity contribution in [3.8, 4) is 0 Å². The van der Waals surface area contributed by atoms with Gasteiger partial charge in [-0.25, -0.2) is 4.39 Å². The van der Waals surface area contributed by atoms with Crippen molar-refractivity contribution >= 4 is 35.6 Å². The first-order chi connectivity index (χ1) is 10.1. The maximum atomic E-state index is 14.0. The second-order valence-corrected chi connectivity index (χ2v) is 5.65. The van der Waals surface area contributed by atoms with E-state index in [4.69, 9.17) is 0 Å². The molecule has 0 spiro atoms. The minimum absolute atomic E-state index is 0. The van der Waals surface area contributed by atoms with E-state index >= 15 is 0 Å². The number of carbonyl (C=O) groups is 2. The van der Waals surface area contributed by atoms with Gasteiger partial charge >= 0.3 is 0 Å². The topological polar surface area (TPSA) is 70.2 Å². The summed E-state index contributed by atoms with van der Waals surface area (Å²) in [6.45, 7) is 1.76. The number of nitrogens with one attached hydrogen (secondary N) is 3. The molecule has 1 aromatic rings. The van der Waals surface area contributed by atoms with Crippen molar-refractivity contribution in [3.63, 3.8) is 0 Å². The van der Waals surface area contributed by atoms with Crippen LogP contribution in [0.25, 0.3) is 0 Å². The van der Waals surface area contributed by atoms with Crippen LogP contribution in [-0.2, 0) is 16.0 Å². The van der Waals surface area contributed by atoms with E-state index < -0.39 is 5.82 Å². The van der Waals surface area contributed by atoms with Gasteiger partial charge in [-0.1, -0.05) is 0 Å². The molecule has 2 aliphatic heterocycles. The summed E-state index contributed by atoms with van der Waals surface area (Å²) in [5.41, 5.74) is 1.49. The third kappa shape index (κ3) is 3.75. The summed E-state index contributed by atoms with van der Waals surface area (Å²) >= 11 is 0. The van der Waals surface area contributed by atoms with Gasteiger partial charge in [0.1, 0.15) is 5.82 Å². The molecule has 2 aliphatic rings. The molecule has 0 bridgehead atoms. The van der Waals surface area contributed by atoms with Crippen LogP contribution in [0.15, 0.2) is 12.1 Å². The van der Waals surface area contributed by atoms with Gasteiger partial charge in [-0.15, -0.1) is 12.4 Å². The number of hydrogen-bond donors (Lipinski definition) is 3. The molecule has 120 valence electrons. The normalized spacial score (nSPS) is 19.9. The Hall–Kier alpha value is -1.66. The van der Waals surface area contributed by atoms with Crippen LogP contribution in [-0.4, -0.2) is 24.9 Å². The molecule has 2 amide bonds. The molecule has 0 saturated carbocycles. The molecule has 22 heavy (non-hydrogen) atoms. The SMILES string of the molecule is Cl.O=C(CC1CCNC1)Nc1cc2c(cc1F)CCC(=O)N2. The maximum absolute atomic E-state index is 14.0. The molecule has 1 atom stereocenters. The molecule has 3 rings (SSSR count). The van der Waals surface area contributed by atoms with E-state index in [2.05, 4.69) is 16.0 Å². The van der Waals surface area contributed by atoms with Crippen LogP contribution >= 0.6 is 12.4 Å². The fourth-order valence-corrected chi connectivity index (χ4v) is 2.85. The van der Waals surface area contributed by atoms with Gasteiger partial charge in [-0.3, -0.25) is 9.59 Å². The van der Waals surface area contributed by atoms with Crippen molar-refractivity contribution in [1.29, 1.82) is 0 Å². The second-order valence-electron chi connectivity index (χ2n) is 5.65. The van der Waals surface area contributed by atoms with E-state index in [1.54, 1.807) is 0 Å². The van der Waals surface area contributed by atoms with Crippen LogP contribution in [0.2, 0.25) is 0 Å². The minimum Gasteiger partial charge on any atom is -0.326 e. The second kappa shape index (κ2) is 7.07. The minimum atomic E-state index is -0.456. The Morgan fingerprint density at radius 3 is 2.91 bits per heavy atom. The van der Waals surface area contributed by atoms with Crippen LogP contribution in [0.5, 0.6) is 0 Å². The number of hydrogen-bond acceptors (Lipinski definition) is 3. The highest BCUT2D eigenvalue weighted by molar-refractivity contribution is 5.96. The summed E-state index contributed by atoms with van der Waals surface area (Å²) in [6.07, 6.45) is 2.25. The lowest BCUT2D eigenvalue weighted by Gasteiger charge is -2.18. The highest BCUT2D eigenvalue weighted by Gasteiger charge is 2.21. The standard InChI is InChI=1S/C15H18FN3O2.ClH/c16-11-6-10-1-2-14(20)18-12(10)7-13(11)19-15(21)5-9-3-4-17-8-9;/h6-7,9,17H,1-5,8H2,(H,18,20)(H,19,21);1H. The molecule has 7 heteroatoms. The predicted molar refractivity (Wildman–Crippen MR) is 84.8 cm³/mol. The fraction of sp³-hybridized carbons (Fsp3) is 0.467. The van der Waals surface area contributed by atoms with E-state index in [1.165, 1.54) is 12.1 Å². The Kier molecular flexibility index (Phi) is 5.37. The summed E-state index contributed by atoms with van der Waals surface area (Å²) in [5, 5.41) is 8.51. The van der Waals surface area contributed by atoms with E-state index in [0.29, 0.717) is 30.9 Å². The largest absolute Gasteiger partial charge is 0.326 e. The molecule has 3 N–H and O–H groups in total. The number of anilines is 2. The van der Waals surface area contributed by atoms with Gasteiger partial charge in [0.25, 0.3) is 0 Å². The zero-order chi connectivity index (χ0) is 14.8. The van der Waals surface area contributed by atoms with Crippen LogP contribution in [0, 0.1) is 11.7 Å². The van der Waals surface area contributed by atoms with Crippen molar-refractivity contribution < 1.29 is 14.0 Å². The van der Waals surface area contributed by atoms with E-state index in [-0.39, 0.29) is 29.9 Å². The number of aryl methyl sites for hydroxylation is 1. The van der Waals surface area contributed by atoms with Crippen molar-refractivity contribution in [1.82, 2.24) is 5.32 Å². The van der Waals surface area contributed by atoms with Gasteiger partial charge in [-0.05, 0) is 49.5 Å². The number of rotatable bonds is 3. The Morgan fingerprint density at radius 1 is 1.36 bits per heavy atom. The first-order valence-electron chi connectivity index (χ1n) is 7.24. The monoisotopic (exact) mass is 327 g/mol. The number of fused-ring (bicyclic) bond motifs is 1. The van der Waals surface area contributed by atoms with Crippen LogP contribution in [0.3, 0.4) is 0 Å². The molecule has 2 heterocycles. The van der Waals surface area contributed by atoms with Gasteiger partial charge in [0.2, 0.25) is 11.8 Å². The third-order valence-corrected chi connectivity index (χ3v) is 4.00. The molecule has 0 radical (unpaired) electrons. The average Bonchev–Trinajstić information content (AvgIpc) is 2.93. The summed E-state index contributed by atoms with van der Waals surface area (Å²) < 4.78 is 14.0. The Bertz CT molecular complexity index is 588. The lowest BCUT2D eigenvalue weighted by Crippen LogP contribution is -2.21. The highest BCUT2D eigenvalue weighted by atomic mass is 35.5. The summed E-state index contributed by atoms with van der Waals surface area (Å²) in [5.74, 6) is -0.415. The molecule has 0 aromatic heterocycles. The van der Waals surface area contributed by atoms with Gasteiger partial charge in [0.05, 0.1) is 5.69 Å². The smallest absolute Gasteiger partial charge is 0.224 e. The molecular weight excluding hydrogens is 309 g/mol. The van der Waals surface area contributed by atoms with Crippen molar-refractivity contribution in [3.05, 3.63) is 23.5 Å². The van der Waals surface area contributed by atoms with Crippen molar-refractivity contribution in [2.45, 2.75) is 25.7 Å². The molecule has 1 aromatic carbocycles. The van der Waals surface area contributed by atoms with Gasteiger partial charge < -0.3 is 16.0 Å². The van der Waals surface area contributed by atoms with E-state index in [9.17, 15) is 14.0 Å². The summed E-state index contributed by atoms with van der Waals surface area (Å²) in [4.78, 5) is 23.3. The first kappa shape index (κ1) is 16.7. The predicted octanol–water partition coefficient (Wildman–Crippen LogP) is 2.07. The van der Waals surface area contributed by atoms with Crippen LogP contribution < -0.4 is 16.0 Å². The lowest BCUT2D eigenvalue weighted by atomic mass is 10.0. The quantitative estimate of drug-likeness (QED) is 0.796. The van der Waals surface area contributed by atoms with Crippen LogP contribution in [0.4, 0.5) is 15.8 Å². The fourth-order valence-electron chi connectivity index (χ4n) is 2.85. The number of amides is 2. The Morgan fingerprint density at radius 2 is 2.18 bits per heavy atom. The third-order valence-electron chi connectivity index (χ3n) is 4.00. The number of halogens is 2. The van der Waals surface area contributed by atoms with Gasteiger partial charge in [0, 0.05) is 18.5 Å². The number of benzene rings is 1. The van der Waals surface area contributed by atoms with E-state index in [1.807, 2.05) is 0 Å². The molecule has 5 nitrogen and oxygen atoms in total. The maximum Gasteiger partial charge on any atom is 0.224 e. The Balaban J connectivity index is 0.00000176. The summed E-state index contributed by atoms with van der Waals surface area (Å²) in [7, 11) is 0. The first-order valence-corrected chi connectivity index (χ1v) is 7.24. The van der Waals surface area contributed by atoms with Gasteiger partial charge in [-0.2, -0.15) is 0 Å². The lowest BCUT2D eigenvalue weighted by molar-refractivity contribution is -0.117. The molecule has 1 unspecified atom stereocenters. The zero-order valence-corrected chi connectivity index (χ0v) is 12.9. The van der Waals surface area contributed by atoms with Crippen LogP contribution in [0.1, 0.15) is 24.8 Å². The molecule has 1 saturated heterocycles. The van der Waals surface area contributed by atoms with E-state index in [0.717, 1.165) is 25.1 Å². The van der Waals surface area contributed by atoms with Crippen molar-refractivity contribution in [2.75, 3.05) is 23.7 Å². The number of carbonyl (C=O) groups excluding carboxylic acids is 2.